The number of hydrogen-bond donors (Lipinski definition) is 1. The van der Waals surface area contributed by atoms with Gasteiger partial charge in [-0.2, -0.15) is 4.31 Å². The highest BCUT2D eigenvalue weighted by Gasteiger charge is 2.23. The van der Waals surface area contributed by atoms with Gasteiger partial charge in [0.2, 0.25) is 10.0 Å². The van der Waals surface area contributed by atoms with Crippen molar-refractivity contribution in [3.05, 3.63) is 24.3 Å². The van der Waals surface area contributed by atoms with E-state index in [0.717, 1.165) is 9.99 Å². The highest BCUT2D eigenvalue weighted by molar-refractivity contribution is 7.89. The van der Waals surface area contributed by atoms with Gasteiger partial charge in [0.05, 0.1) is 4.90 Å². The molecule has 0 aliphatic carbocycles. The summed E-state index contributed by atoms with van der Waals surface area (Å²) in [5.74, 6) is -0.966. The van der Waals surface area contributed by atoms with Crippen LogP contribution in [-0.4, -0.2) is 56.3 Å². The van der Waals surface area contributed by atoms with Crippen molar-refractivity contribution in [2.75, 3.05) is 31.6 Å². The molecule has 0 bridgehead atoms. The molecule has 1 saturated heterocycles. The molecule has 0 unspecified atom stereocenters. The molecule has 0 saturated carbocycles. The lowest BCUT2D eigenvalue weighted by Crippen LogP contribution is -2.34. The zero-order valence-electron chi connectivity index (χ0n) is 12.2. The minimum absolute atomic E-state index is 0.0492. The second kappa shape index (κ2) is 6.45. The Morgan fingerprint density at radius 1 is 1.23 bits per heavy atom. The van der Waals surface area contributed by atoms with E-state index in [0.29, 0.717) is 25.9 Å². The maximum absolute atomic E-state index is 12.2. The van der Waals surface area contributed by atoms with Crippen molar-refractivity contribution in [1.82, 2.24) is 4.31 Å². The summed E-state index contributed by atoms with van der Waals surface area (Å²) in [6, 6.07) is 6.27. The summed E-state index contributed by atoms with van der Waals surface area (Å²) < 4.78 is 25.2. The third-order valence-corrected chi connectivity index (χ3v) is 5.41. The largest absolute Gasteiger partial charge is 0.480 e. The molecule has 0 atom stereocenters. The topological polar surface area (TPSA) is 95.0 Å². The Morgan fingerprint density at radius 3 is 2.27 bits per heavy atom. The van der Waals surface area contributed by atoms with Crippen molar-refractivity contribution in [3.8, 4) is 0 Å². The van der Waals surface area contributed by atoms with Gasteiger partial charge in [0, 0.05) is 38.7 Å². The normalized spacial score (nSPS) is 16.1. The molecule has 0 spiro atoms. The molecular formula is C14H18N2O5S. The first-order chi connectivity index (χ1) is 10.3. The maximum atomic E-state index is 12.2. The zero-order chi connectivity index (χ0) is 16.3. The van der Waals surface area contributed by atoms with E-state index in [1.54, 1.807) is 12.1 Å². The Hall–Kier alpha value is -1.93. The summed E-state index contributed by atoms with van der Waals surface area (Å²) in [6.45, 7) is 0.673. The number of Topliss-reactive ketones (excluding diaryl/α,β-unsaturated/α-hetero) is 1. The molecule has 0 radical (unpaired) electrons. The van der Waals surface area contributed by atoms with Crippen LogP contribution in [-0.2, 0) is 19.6 Å². The Balaban J connectivity index is 2.14. The first-order valence-corrected chi connectivity index (χ1v) is 8.29. The number of piperidine rings is 1. The summed E-state index contributed by atoms with van der Waals surface area (Å²) in [6.07, 6.45) is 1.00. The highest BCUT2D eigenvalue weighted by Crippen LogP contribution is 2.22. The van der Waals surface area contributed by atoms with Gasteiger partial charge < -0.3 is 10.0 Å². The van der Waals surface area contributed by atoms with Gasteiger partial charge in [0.25, 0.3) is 0 Å². The molecule has 1 aliphatic heterocycles. The van der Waals surface area contributed by atoms with Gasteiger partial charge in [-0.05, 0) is 24.3 Å². The monoisotopic (exact) mass is 326 g/mol. The molecule has 1 N–H and O–H groups in total. The molecule has 8 heteroatoms. The van der Waals surface area contributed by atoms with Crippen LogP contribution < -0.4 is 4.90 Å². The molecule has 1 aromatic rings. The predicted molar refractivity (Wildman–Crippen MR) is 80.3 cm³/mol. The molecule has 7 nitrogen and oxygen atoms in total. The van der Waals surface area contributed by atoms with Crippen LogP contribution in [0.5, 0.6) is 0 Å². The molecule has 120 valence electrons. The summed E-state index contributed by atoms with van der Waals surface area (Å²) in [7, 11) is -2.58. The first-order valence-electron chi connectivity index (χ1n) is 6.85. The molecule has 1 heterocycles. The number of nitrogens with zero attached hydrogens (tertiary/aromatic N) is 2. The summed E-state index contributed by atoms with van der Waals surface area (Å²) >= 11 is 0. The number of anilines is 1. The number of carbonyl (C=O) groups is 2. The summed E-state index contributed by atoms with van der Waals surface area (Å²) in [5.41, 5.74) is 0.854. The quantitative estimate of drug-likeness (QED) is 0.849. The number of carboxylic acid groups (broad SMARTS) is 1. The van der Waals surface area contributed by atoms with Crippen LogP contribution >= 0.6 is 0 Å². The van der Waals surface area contributed by atoms with Gasteiger partial charge in [-0.25, -0.2) is 8.42 Å². The Morgan fingerprint density at radius 2 is 1.77 bits per heavy atom. The van der Waals surface area contributed by atoms with Crippen molar-refractivity contribution in [1.29, 1.82) is 0 Å². The third-order valence-electron chi connectivity index (χ3n) is 3.59. The van der Waals surface area contributed by atoms with E-state index < -0.39 is 22.5 Å². The number of likely N-dealkylation sites (N-methyl/N-ethyl adjacent to an activating group) is 1. The molecule has 1 aromatic carbocycles. The number of aliphatic carboxylic acids is 1. The third kappa shape index (κ3) is 3.63. The number of carboxylic acids is 1. The average molecular weight is 326 g/mol. The van der Waals surface area contributed by atoms with Crippen molar-refractivity contribution < 1.29 is 23.1 Å². The van der Waals surface area contributed by atoms with Crippen LogP contribution in [0.1, 0.15) is 12.8 Å². The number of benzene rings is 1. The first kappa shape index (κ1) is 16.4. The highest BCUT2D eigenvalue weighted by atomic mass is 32.2. The minimum Gasteiger partial charge on any atom is -0.480 e. The van der Waals surface area contributed by atoms with E-state index >= 15 is 0 Å². The molecule has 1 aliphatic rings. The van der Waals surface area contributed by atoms with Crippen molar-refractivity contribution >= 4 is 27.5 Å². The Labute approximate surface area is 129 Å². The lowest BCUT2D eigenvalue weighted by Gasteiger charge is -2.28. The van der Waals surface area contributed by atoms with E-state index in [1.807, 2.05) is 4.90 Å². The lowest BCUT2D eigenvalue weighted by atomic mass is 10.1. The van der Waals surface area contributed by atoms with Gasteiger partial charge in [0.1, 0.15) is 12.3 Å². The molecule has 22 heavy (non-hydrogen) atoms. The van der Waals surface area contributed by atoms with Gasteiger partial charge in [-0.1, -0.05) is 0 Å². The SMILES string of the molecule is CN(CC(=O)O)S(=O)(=O)c1ccc(N2CCC(=O)CC2)cc1. The zero-order valence-corrected chi connectivity index (χ0v) is 13.0. The molecule has 0 aromatic heterocycles. The van der Waals surface area contributed by atoms with Crippen molar-refractivity contribution in [3.63, 3.8) is 0 Å². The van der Waals surface area contributed by atoms with E-state index in [-0.39, 0.29) is 10.7 Å². The second-order valence-corrected chi connectivity index (χ2v) is 7.22. The van der Waals surface area contributed by atoms with Crippen LogP contribution in [0.15, 0.2) is 29.2 Å². The molecule has 2 rings (SSSR count). The maximum Gasteiger partial charge on any atom is 0.318 e. The number of sulfonamides is 1. The summed E-state index contributed by atoms with van der Waals surface area (Å²) in [5, 5.41) is 8.69. The van der Waals surface area contributed by atoms with Crippen LogP contribution in [0.25, 0.3) is 0 Å². The van der Waals surface area contributed by atoms with Crippen molar-refractivity contribution in [2.45, 2.75) is 17.7 Å². The summed E-state index contributed by atoms with van der Waals surface area (Å²) in [4.78, 5) is 23.9. The standard InChI is InChI=1S/C14H18N2O5S/c1-15(10-14(18)19)22(20,21)13-4-2-11(3-5-13)16-8-6-12(17)7-9-16/h2-5H,6-10H2,1H3,(H,18,19). The van der Waals surface area contributed by atoms with E-state index in [1.165, 1.54) is 19.2 Å². The fourth-order valence-corrected chi connectivity index (χ4v) is 3.42. The van der Waals surface area contributed by atoms with E-state index in [4.69, 9.17) is 5.11 Å². The number of carbonyl (C=O) groups excluding carboxylic acids is 1. The molecular weight excluding hydrogens is 308 g/mol. The Kier molecular flexibility index (Phi) is 4.82. The number of rotatable bonds is 5. The Bertz CT molecular complexity index is 659. The minimum atomic E-state index is -3.81. The van der Waals surface area contributed by atoms with Crippen LogP contribution in [0.3, 0.4) is 0 Å². The number of hydrogen-bond acceptors (Lipinski definition) is 5. The second-order valence-electron chi connectivity index (χ2n) is 5.17. The van der Waals surface area contributed by atoms with Crippen molar-refractivity contribution in [2.24, 2.45) is 0 Å². The van der Waals surface area contributed by atoms with E-state index in [2.05, 4.69) is 0 Å². The predicted octanol–water partition coefficient (Wildman–Crippen LogP) is 0.561. The van der Waals surface area contributed by atoms with Crippen LogP contribution in [0.2, 0.25) is 0 Å². The van der Waals surface area contributed by atoms with Gasteiger partial charge in [-0.15, -0.1) is 0 Å². The molecule has 1 fully saturated rings. The van der Waals surface area contributed by atoms with Crippen LogP contribution in [0, 0.1) is 0 Å². The van der Waals surface area contributed by atoms with Crippen LogP contribution in [0.4, 0.5) is 5.69 Å². The van der Waals surface area contributed by atoms with Gasteiger partial charge >= 0.3 is 5.97 Å². The van der Waals surface area contributed by atoms with Gasteiger partial charge in [0.15, 0.2) is 0 Å². The average Bonchev–Trinajstić information content (AvgIpc) is 2.47. The lowest BCUT2D eigenvalue weighted by molar-refractivity contribution is -0.137. The smallest absolute Gasteiger partial charge is 0.318 e. The fraction of sp³-hybridized carbons (Fsp3) is 0.429. The number of ketones is 1. The molecule has 0 amide bonds. The van der Waals surface area contributed by atoms with Gasteiger partial charge in [-0.3, -0.25) is 9.59 Å². The fourth-order valence-electron chi connectivity index (χ4n) is 2.30. The van der Waals surface area contributed by atoms with E-state index in [9.17, 15) is 18.0 Å².